The second kappa shape index (κ2) is 6.67. The van der Waals surface area contributed by atoms with Crippen molar-refractivity contribution >= 4 is 28.9 Å². The highest BCUT2D eigenvalue weighted by molar-refractivity contribution is 7.99. The second-order valence-electron chi connectivity index (χ2n) is 4.90. The largest absolute Gasteiger partial charge is 0.376 e. The summed E-state index contributed by atoms with van der Waals surface area (Å²) in [6.07, 6.45) is 2.31. The van der Waals surface area contributed by atoms with Gasteiger partial charge in [0.25, 0.3) is 0 Å². The molecule has 0 aromatic carbocycles. The predicted octanol–water partition coefficient (Wildman–Crippen LogP) is 2.20. The Morgan fingerprint density at radius 3 is 3.19 bits per heavy atom. The first-order valence-electron chi connectivity index (χ1n) is 6.82. The number of ether oxygens (including phenoxy) is 1. The maximum atomic E-state index is 12.1. The molecular formula is C13H16N4O2S2. The van der Waals surface area contributed by atoms with Gasteiger partial charge in [0.1, 0.15) is 0 Å². The molecule has 1 atom stereocenters. The van der Waals surface area contributed by atoms with Gasteiger partial charge in [-0.15, -0.1) is 16.4 Å². The Morgan fingerprint density at radius 2 is 2.48 bits per heavy atom. The number of nitrogens with zero attached hydrogens (tertiary/aromatic N) is 4. The number of aryl methyl sites for hydroxylation is 1. The number of Topliss-reactive ketones (excluding diaryl/α,β-unsaturated/α-hetero) is 1. The molecule has 112 valence electrons. The molecule has 1 aliphatic heterocycles. The van der Waals surface area contributed by atoms with E-state index in [1.54, 1.807) is 4.68 Å². The maximum Gasteiger partial charge on any atom is 0.209 e. The topological polar surface area (TPSA) is 69.9 Å². The molecule has 1 unspecified atom stereocenters. The summed E-state index contributed by atoms with van der Waals surface area (Å²) in [7, 11) is 0. The van der Waals surface area contributed by atoms with E-state index in [1.807, 2.05) is 19.1 Å². The highest BCUT2D eigenvalue weighted by Crippen LogP contribution is 2.21. The van der Waals surface area contributed by atoms with Gasteiger partial charge in [-0.1, -0.05) is 11.8 Å². The number of thiophene rings is 1. The Balaban J connectivity index is 1.57. The summed E-state index contributed by atoms with van der Waals surface area (Å²) in [5.74, 6) is 0.469. The SMILES string of the molecule is Cc1ccc(C(=O)CSc2nnnn2CC2CCCO2)s1. The molecule has 3 rings (SSSR count). The van der Waals surface area contributed by atoms with Gasteiger partial charge in [0, 0.05) is 11.5 Å². The zero-order chi connectivity index (χ0) is 14.7. The minimum Gasteiger partial charge on any atom is -0.376 e. The molecule has 8 heteroatoms. The zero-order valence-corrected chi connectivity index (χ0v) is 13.3. The average molecular weight is 324 g/mol. The van der Waals surface area contributed by atoms with Crippen LogP contribution in [0.2, 0.25) is 0 Å². The lowest BCUT2D eigenvalue weighted by Crippen LogP contribution is -2.17. The lowest BCUT2D eigenvalue weighted by Gasteiger charge is -2.09. The molecule has 1 aliphatic rings. The molecule has 0 spiro atoms. The van der Waals surface area contributed by atoms with Crippen molar-refractivity contribution in [2.45, 2.75) is 37.6 Å². The number of hydrogen-bond acceptors (Lipinski definition) is 7. The van der Waals surface area contributed by atoms with Crippen molar-refractivity contribution in [2.75, 3.05) is 12.4 Å². The van der Waals surface area contributed by atoms with Crippen molar-refractivity contribution in [1.29, 1.82) is 0 Å². The smallest absolute Gasteiger partial charge is 0.209 e. The van der Waals surface area contributed by atoms with Gasteiger partial charge in [-0.05, 0) is 42.3 Å². The molecule has 21 heavy (non-hydrogen) atoms. The van der Waals surface area contributed by atoms with Crippen LogP contribution in [-0.2, 0) is 11.3 Å². The number of hydrogen-bond donors (Lipinski definition) is 0. The van der Waals surface area contributed by atoms with Gasteiger partial charge in [0.15, 0.2) is 5.78 Å². The summed E-state index contributed by atoms with van der Waals surface area (Å²) in [6.45, 7) is 3.46. The van der Waals surface area contributed by atoms with Crippen molar-refractivity contribution in [2.24, 2.45) is 0 Å². The van der Waals surface area contributed by atoms with E-state index in [9.17, 15) is 4.79 Å². The molecule has 3 heterocycles. The van der Waals surface area contributed by atoms with Gasteiger partial charge in [-0.25, -0.2) is 4.68 Å². The van der Waals surface area contributed by atoms with E-state index < -0.39 is 0 Å². The minimum absolute atomic E-state index is 0.116. The van der Waals surface area contributed by atoms with E-state index in [4.69, 9.17) is 4.74 Å². The average Bonchev–Trinajstić information content (AvgIpc) is 3.19. The molecule has 0 aliphatic carbocycles. The van der Waals surface area contributed by atoms with E-state index >= 15 is 0 Å². The highest BCUT2D eigenvalue weighted by Gasteiger charge is 2.19. The Kier molecular flexibility index (Phi) is 4.67. The van der Waals surface area contributed by atoms with Gasteiger partial charge in [-0.2, -0.15) is 0 Å². The molecule has 0 N–H and O–H groups in total. The summed E-state index contributed by atoms with van der Waals surface area (Å²) in [4.78, 5) is 14.0. The van der Waals surface area contributed by atoms with Gasteiger partial charge in [0.05, 0.1) is 23.3 Å². The van der Waals surface area contributed by atoms with Crippen LogP contribution in [0.4, 0.5) is 0 Å². The van der Waals surface area contributed by atoms with E-state index in [1.165, 1.54) is 23.1 Å². The number of thioether (sulfide) groups is 1. The predicted molar refractivity (Wildman–Crippen MR) is 80.9 cm³/mol. The summed E-state index contributed by atoms with van der Waals surface area (Å²) in [5, 5.41) is 12.3. The van der Waals surface area contributed by atoms with Crippen LogP contribution in [0, 0.1) is 6.92 Å². The fourth-order valence-corrected chi connectivity index (χ4v) is 3.85. The first kappa shape index (κ1) is 14.7. The van der Waals surface area contributed by atoms with Gasteiger partial charge < -0.3 is 4.74 Å². The fourth-order valence-electron chi connectivity index (χ4n) is 2.18. The molecule has 0 radical (unpaired) electrons. The number of aromatic nitrogens is 4. The molecule has 2 aromatic heterocycles. The number of ketones is 1. The molecule has 6 nitrogen and oxygen atoms in total. The normalized spacial score (nSPS) is 18.2. The third-order valence-electron chi connectivity index (χ3n) is 3.25. The lowest BCUT2D eigenvalue weighted by atomic mass is 10.2. The van der Waals surface area contributed by atoms with Crippen molar-refractivity contribution in [1.82, 2.24) is 20.2 Å². The number of rotatable bonds is 6. The van der Waals surface area contributed by atoms with Crippen molar-refractivity contribution < 1.29 is 9.53 Å². The van der Waals surface area contributed by atoms with Gasteiger partial charge >= 0.3 is 0 Å². The van der Waals surface area contributed by atoms with Crippen molar-refractivity contribution in [3.8, 4) is 0 Å². The summed E-state index contributed by atoms with van der Waals surface area (Å²) in [5.41, 5.74) is 0. The van der Waals surface area contributed by atoms with Crippen LogP contribution in [0.5, 0.6) is 0 Å². The molecule has 1 fully saturated rings. The number of tetrazole rings is 1. The molecule has 0 bridgehead atoms. The Labute approximate surface area is 130 Å². The van der Waals surface area contributed by atoms with Crippen LogP contribution >= 0.6 is 23.1 Å². The molecular weight excluding hydrogens is 308 g/mol. The van der Waals surface area contributed by atoms with E-state index in [-0.39, 0.29) is 11.9 Å². The van der Waals surface area contributed by atoms with Crippen molar-refractivity contribution in [3.05, 3.63) is 21.9 Å². The van der Waals surface area contributed by atoms with Crippen LogP contribution in [0.25, 0.3) is 0 Å². The Hall–Kier alpha value is -1.25. The second-order valence-corrected chi connectivity index (χ2v) is 7.13. The molecule has 0 amide bonds. The first-order chi connectivity index (χ1) is 10.2. The third kappa shape index (κ3) is 3.69. The number of carbonyl (C=O) groups is 1. The number of carbonyl (C=O) groups excluding carboxylic acids is 1. The van der Waals surface area contributed by atoms with Crippen LogP contribution in [0.15, 0.2) is 17.3 Å². The van der Waals surface area contributed by atoms with E-state index in [2.05, 4.69) is 15.5 Å². The van der Waals surface area contributed by atoms with Crippen LogP contribution in [-0.4, -0.2) is 44.5 Å². The summed E-state index contributed by atoms with van der Waals surface area (Å²) < 4.78 is 7.32. The first-order valence-corrected chi connectivity index (χ1v) is 8.63. The lowest BCUT2D eigenvalue weighted by molar-refractivity contribution is 0.0912. The molecule has 2 aromatic rings. The van der Waals surface area contributed by atoms with Crippen LogP contribution in [0.1, 0.15) is 27.4 Å². The monoisotopic (exact) mass is 324 g/mol. The molecule has 1 saturated heterocycles. The minimum atomic E-state index is 0.116. The van der Waals surface area contributed by atoms with Gasteiger partial charge in [-0.3, -0.25) is 4.79 Å². The third-order valence-corrected chi connectivity index (χ3v) is 5.25. The van der Waals surface area contributed by atoms with E-state index in [0.717, 1.165) is 29.2 Å². The summed E-state index contributed by atoms with van der Waals surface area (Å²) in [6, 6.07) is 3.84. The van der Waals surface area contributed by atoms with Crippen LogP contribution in [0.3, 0.4) is 0 Å². The summed E-state index contributed by atoms with van der Waals surface area (Å²) >= 11 is 2.90. The van der Waals surface area contributed by atoms with Gasteiger partial charge in [0.2, 0.25) is 5.16 Å². The fraction of sp³-hybridized carbons (Fsp3) is 0.538. The van der Waals surface area contributed by atoms with Crippen molar-refractivity contribution in [3.63, 3.8) is 0 Å². The Bertz CT molecular complexity index is 619. The maximum absolute atomic E-state index is 12.1. The quantitative estimate of drug-likeness (QED) is 0.599. The standard InChI is InChI=1S/C13H16N4O2S2/c1-9-4-5-12(21-9)11(18)8-20-13-14-15-16-17(13)7-10-3-2-6-19-10/h4-5,10H,2-3,6-8H2,1H3. The zero-order valence-electron chi connectivity index (χ0n) is 11.7. The molecule has 0 saturated carbocycles. The van der Waals surface area contributed by atoms with E-state index in [0.29, 0.717) is 17.5 Å². The van der Waals surface area contributed by atoms with Crippen LogP contribution < -0.4 is 0 Å². The highest BCUT2D eigenvalue weighted by atomic mass is 32.2. The Morgan fingerprint density at radius 1 is 1.57 bits per heavy atom.